The van der Waals surface area contributed by atoms with Gasteiger partial charge in [0.15, 0.2) is 0 Å². The molecule has 5 nitrogen and oxygen atoms in total. The van der Waals surface area contributed by atoms with Crippen LogP contribution in [0.2, 0.25) is 0 Å². The van der Waals surface area contributed by atoms with Gasteiger partial charge in [0, 0.05) is 24.7 Å². The van der Waals surface area contributed by atoms with E-state index in [0.717, 1.165) is 4.90 Å². The zero-order valence-corrected chi connectivity index (χ0v) is 14.7. The number of carbonyl (C=O) groups is 2. The topological polar surface area (TPSA) is 58.6 Å². The van der Waals surface area contributed by atoms with Crippen LogP contribution in [0.25, 0.3) is 0 Å². The third kappa shape index (κ3) is 6.89. The zero-order valence-electron chi connectivity index (χ0n) is 13.1. The molecule has 0 aromatic heterocycles. The lowest BCUT2D eigenvalue weighted by Crippen LogP contribution is -2.57. The lowest BCUT2D eigenvalue weighted by Gasteiger charge is -2.38. The molecule has 1 aliphatic rings. The summed E-state index contributed by atoms with van der Waals surface area (Å²) in [7, 11) is 0. The molecule has 1 saturated heterocycles. The molecule has 0 spiro atoms. The number of halogens is 3. The molecule has 1 rings (SSSR count). The molecule has 1 N–H and O–H groups in total. The van der Waals surface area contributed by atoms with Crippen LogP contribution >= 0.6 is 15.9 Å². The van der Waals surface area contributed by atoms with Crippen molar-refractivity contribution in [2.24, 2.45) is 0 Å². The Morgan fingerprint density at radius 2 is 2.05 bits per heavy atom. The number of rotatable bonds is 4. The van der Waals surface area contributed by atoms with Crippen molar-refractivity contribution in [1.82, 2.24) is 10.2 Å². The van der Waals surface area contributed by atoms with Crippen molar-refractivity contribution in [3.8, 4) is 0 Å². The second-order valence-corrected chi connectivity index (χ2v) is 7.27. The van der Waals surface area contributed by atoms with Gasteiger partial charge in [-0.25, -0.2) is 13.6 Å². The first-order chi connectivity index (χ1) is 10.0. The lowest BCUT2D eigenvalue weighted by molar-refractivity contribution is -0.124. The number of hydrogen-bond acceptors (Lipinski definition) is 3. The zero-order chi connectivity index (χ0) is 17.0. The smallest absolute Gasteiger partial charge is 0.410 e. The van der Waals surface area contributed by atoms with Gasteiger partial charge in [-0.05, 0) is 27.2 Å². The highest BCUT2D eigenvalue weighted by molar-refractivity contribution is 9.09. The Balaban J connectivity index is 2.65. The van der Waals surface area contributed by atoms with E-state index in [-0.39, 0.29) is 18.9 Å². The van der Waals surface area contributed by atoms with Crippen molar-refractivity contribution < 1.29 is 23.1 Å². The molecule has 0 bridgehead atoms. The number of hydrogen-bond donors (Lipinski definition) is 1. The minimum absolute atomic E-state index is 0.0323. The Kier molecular flexibility index (Phi) is 6.58. The van der Waals surface area contributed by atoms with E-state index in [4.69, 9.17) is 4.74 Å². The molecule has 1 heterocycles. The fourth-order valence-corrected chi connectivity index (χ4v) is 2.47. The normalized spacial score (nSPS) is 21.4. The van der Waals surface area contributed by atoms with E-state index in [0.29, 0.717) is 11.8 Å². The van der Waals surface area contributed by atoms with Crippen LogP contribution in [0.15, 0.2) is 0 Å². The van der Waals surface area contributed by atoms with Crippen molar-refractivity contribution in [1.29, 1.82) is 0 Å². The molecule has 0 unspecified atom stereocenters. The summed E-state index contributed by atoms with van der Waals surface area (Å²) in [6.45, 7) is 4.37. The van der Waals surface area contributed by atoms with Gasteiger partial charge in [-0.15, -0.1) is 0 Å². The van der Waals surface area contributed by atoms with Gasteiger partial charge >= 0.3 is 6.09 Å². The largest absolute Gasteiger partial charge is 0.444 e. The van der Waals surface area contributed by atoms with E-state index < -0.39 is 36.6 Å². The van der Waals surface area contributed by atoms with Gasteiger partial charge in [-0.1, -0.05) is 15.9 Å². The molecular formula is C14H23BrF2N2O3. The maximum Gasteiger partial charge on any atom is 0.410 e. The van der Waals surface area contributed by atoms with Crippen molar-refractivity contribution in [3.63, 3.8) is 0 Å². The molecule has 1 aliphatic heterocycles. The standard InChI is InChI=1S/C14H23BrF2N2O3/c1-13(2,3)22-12(21)19-8-10(7-14(16,17)9-19)18-11(20)5-4-6-15/h10H,4-9H2,1-3H3,(H,18,20)/t10-/m1/s1. The molecule has 8 heteroatoms. The van der Waals surface area contributed by atoms with Crippen LogP contribution in [-0.4, -0.2) is 52.9 Å². The van der Waals surface area contributed by atoms with Crippen LogP contribution in [0.1, 0.15) is 40.0 Å². The molecule has 0 aliphatic carbocycles. The van der Waals surface area contributed by atoms with Gasteiger partial charge < -0.3 is 15.0 Å². The van der Waals surface area contributed by atoms with Crippen LogP contribution in [0.4, 0.5) is 13.6 Å². The van der Waals surface area contributed by atoms with Crippen LogP contribution in [0.3, 0.4) is 0 Å². The average Bonchev–Trinajstić information content (AvgIpc) is 2.32. The van der Waals surface area contributed by atoms with Crippen LogP contribution < -0.4 is 5.32 Å². The van der Waals surface area contributed by atoms with Crippen LogP contribution in [0.5, 0.6) is 0 Å². The van der Waals surface area contributed by atoms with Gasteiger partial charge in [0.05, 0.1) is 12.6 Å². The highest BCUT2D eigenvalue weighted by Gasteiger charge is 2.43. The van der Waals surface area contributed by atoms with Gasteiger partial charge in [-0.3, -0.25) is 4.79 Å². The van der Waals surface area contributed by atoms with Crippen LogP contribution in [0, 0.1) is 0 Å². The summed E-state index contributed by atoms with van der Waals surface area (Å²) in [4.78, 5) is 24.6. The Hall–Kier alpha value is -0.920. The minimum Gasteiger partial charge on any atom is -0.444 e. The Labute approximate surface area is 137 Å². The molecule has 2 amide bonds. The van der Waals surface area contributed by atoms with Crippen molar-refractivity contribution in [2.45, 2.75) is 57.6 Å². The van der Waals surface area contributed by atoms with Gasteiger partial charge in [0.25, 0.3) is 5.92 Å². The second-order valence-electron chi connectivity index (χ2n) is 6.48. The van der Waals surface area contributed by atoms with Crippen LogP contribution in [-0.2, 0) is 9.53 Å². The van der Waals surface area contributed by atoms with Crippen molar-refractivity contribution in [3.05, 3.63) is 0 Å². The second kappa shape index (κ2) is 7.57. The van der Waals surface area contributed by atoms with Crippen molar-refractivity contribution >= 4 is 27.9 Å². The summed E-state index contributed by atoms with van der Waals surface area (Å²) in [6.07, 6.45) is -0.358. The maximum absolute atomic E-state index is 13.8. The average molecular weight is 385 g/mol. The Morgan fingerprint density at radius 3 is 2.59 bits per heavy atom. The minimum atomic E-state index is -3.04. The first-order valence-corrected chi connectivity index (χ1v) is 8.36. The maximum atomic E-state index is 13.8. The third-order valence-electron chi connectivity index (χ3n) is 2.96. The number of carbonyl (C=O) groups excluding carboxylic acids is 2. The number of nitrogens with one attached hydrogen (secondary N) is 1. The van der Waals surface area contributed by atoms with E-state index in [9.17, 15) is 18.4 Å². The summed E-state index contributed by atoms with van der Waals surface area (Å²) in [5.41, 5.74) is -0.752. The first kappa shape index (κ1) is 19.1. The van der Waals surface area contributed by atoms with E-state index >= 15 is 0 Å². The highest BCUT2D eigenvalue weighted by Crippen LogP contribution is 2.28. The van der Waals surface area contributed by atoms with Gasteiger partial charge in [-0.2, -0.15) is 0 Å². The van der Waals surface area contributed by atoms with Gasteiger partial charge in [0.1, 0.15) is 5.60 Å². The number of likely N-dealkylation sites (tertiary alicyclic amines) is 1. The third-order valence-corrected chi connectivity index (χ3v) is 3.52. The number of piperidine rings is 1. The number of alkyl halides is 3. The quantitative estimate of drug-likeness (QED) is 0.758. The predicted molar refractivity (Wildman–Crippen MR) is 82.3 cm³/mol. The first-order valence-electron chi connectivity index (χ1n) is 7.23. The van der Waals surface area contributed by atoms with Gasteiger partial charge in [0.2, 0.25) is 5.91 Å². The number of amides is 2. The summed E-state index contributed by atoms with van der Waals surface area (Å²) in [5, 5.41) is 3.24. The molecule has 1 atom stereocenters. The summed E-state index contributed by atoms with van der Waals surface area (Å²) < 4.78 is 32.7. The molecule has 128 valence electrons. The SMILES string of the molecule is CC(C)(C)OC(=O)N1C[C@H](NC(=O)CCCBr)CC(F)(F)C1. The number of nitrogens with zero attached hydrogens (tertiary/aromatic N) is 1. The lowest BCUT2D eigenvalue weighted by atomic mass is 10.0. The monoisotopic (exact) mass is 384 g/mol. The predicted octanol–water partition coefficient (Wildman–Crippen LogP) is 2.92. The fraction of sp³-hybridized carbons (Fsp3) is 0.857. The molecule has 1 fully saturated rings. The van der Waals surface area contributed by atoms with E-state index in [2.05, 4.69) is 21.2 Å². The Bertz CT molecular complexity index is 413. The highest BCUT2D eigenvalue weighted by atomic mass is 79.9. The molecule has 0 radical (unpaired) electrons. The fourth-order valence-electron chi connectivity index (χ4n) is 2.19. The molecular weight excluding hydrogens is 362 g/mol. The number of ether oxygens (including phenoxy) is 1. The van der Waals surface area contributed by atoms with E-state index in [1.54, 1.807) is 20.8 Å². The summed E-state index contributed by atoms with van der Waals surface area (Å²) in [5.74, 6) is -3.33. The molecule has 0 saturated carbocycles. The van der Waals surface area contributed by atoms with E-state index in [1.165, 1.54) is 0 Å². The van der Waals surface area contributed by atoms with E-state index in [1.807, 2.05) is 0 Å². The Morgan fingerprint density at radius 1 is 1.41 bits per heavy atom. The van der Waals surface area contributed by atoms with Crippen molar-refractivity contribution in [2.75, 3.05) is 18.4 Å². The molecule has 22 heavy (non-hydrogen) atoms. The molecule has 0 aromatic rings. The summed E-state index contributed by atoms with van der Waals surface area (Å²) in [6, 6.07) is -0.765. The molecule has 0 aromatic carbocycles. The summed E-state index contributed by atoms with van der Waals surface area (Å²) >= 11 is 3.21.